The molecule has 3 heteroatoms. The van der Waals surface area contributed by atoms with E-state index in [1.54, 1.807) is 0 Å². The van der Waals surface area contributed by atoms with Crippen LogP contribution in [0.3, 0.4) is 0 Å². The van der Waals surface area contributed by atoms with E-state index in [0.29, 0.717) is 6.61 Å². The van der Waals surface area contributed by atoms with Crippen LogP contribution in [0, 0.1) is 6.54 Å². The van der Waals surface area contributed by atoms with Gasteiger partial charge in [0.2, 0.25) is 0 Å². The molecule has 1 aromatic heterocycles. The van der Waals surface area contributed by atoms with Gasteiger partial charge in [0, 0.05) is 13.1 Å². The Morgan fingerprint density at radius 2 is 2.50 bits per heavy atom. The quantitative estimate of drug-likeness (QED) is 0.638. The van der Waals surface area contributed by atoms with Crippen LogP contribution >= 0.6 is 0 Å². The predicted octanol–water partition coefficient (Wildman–Crippen LogP) is 1.58. The maximum absolute atomic E-state index is 10.5. The molecule has 0 aromatic carbocycles. The van der Waals surface area contributed by atoms with Crippen molar-refractivity contribution < 1.29 is 9.53 Å². The third kappa shape index (κ3) is 2.12. The molecule has 1 heterocycles. The number of rotatable bonds is 3. The van der Waals surface area contributed by atoms with Crippen molar-refractivity contribution >= 4 is 5.97 Å². The van der Waals surface area contributed by atoms with Crippen molar-refractivity contribution in [1.82, 2.24) is 4.57 Å². The summed E-state index contributed by atoms with van der Waals surface area (Å²) in [6.07, 6.45) is 1.92. The Bertz CT molecular complexity index is 265. The van der Waals surface area contributed by atoms with Gasteiger partial charge < -0.3 is 9.30 Å². The van der Waals surface area contributed by atoms with Gasteiger partial charge in [0.25, 0.3) is 0 Å². The SMILES string of the molecule is C[CH]n1cccc1COC(C)=O. The fourth-order valence-corrected chi connectivity index (χ4v) is 0.979. The molecule has 0 bridgehead atoms. The maximum atomic E-state index is 10.5. The molecule has 0 N–H and O–H groups in total. The number of nitrogens with zero attached hydrogens (tertiary/aromatic N) is 1. The Kier molecular flexibility index (Phi) is 2.91. The molecule has 1 radical (unpaired) electrons. The summed E-state index contributed by atoms with van der Waals surface area (Å²) in [6.45, 7) is 5.59. The van der Waals surface area contributed by atoms with Crippen LogP contribution in [-0.2, 0) is 16.1 Å². The van der Waals surface area contributed by atoms with Gasteiger partial charge in [-0.25, -0.2) is 0 Å². The van der Waals surface area contributed by atoms with Crippen molar-refractivity contribution in [3.63, 3.8) is 0 Å². The van der Waals surface area contributed by atoms with Crippen molar-refractivity contribution in [1.29, 1.82) is 0 Å². The second-order valence-corrected chi connectivity index (χ2v) is 2.45. The molecule has 1 rings (SSSR count). The maximum Gasteiger partial charge on any atom is 0.303 e. The van der Waals surface area contributed by atoms with Crippen LogP contribution in [0.25, 0.3) is 0 Å². The highest BCUT2D eigenvalue weighted by atomic mass is 16.5. The van der Waals surface area contributed by atoms with E-state index in [9.17, 15) is 4.79 Å². The molecule has 0 fully saturated rings. The lowest BCUT2D eigenvalue weighted by Gasteiger charge is -2.04. The van der Waals surface area contributed by atoms with E-state index >= 15 is 0 Å². The number of esters is 1. The first-order valence-electron chi connectivity index (χ1n) is 3.82. The number of carbonyl (C=O) groups excluding carboxylic acids is 1. The summed E-state index contributed by atoms with van der Waals surface area (Å²) >= 11 is 0. The summed E-state index contributed by atoms with van der Waals surface area (Å²) in [5, 5.41) is 0. The number of hydrogen-bond donors (Lipinski definition) is 0. The topological polar surface area (TPSA) is 31.2 Å². The largest absolute Gasteiger partial charge is 0.459 e. The van der Waals surface area contributed by atoms with E-state index in [0.717, 1.165) is 5.69 Å². The Hall–Kier alpha value is -1.25. The number of hydrogen-bond acceptors (Lipinski definition) is 2. The summed E-state index contributed by atoms with van der Waals surface area (Å²) in [5.41, 5.74) is 0.979. The molecule has 0 spiro atoms. The highest BCUT2D eigenvalue weighted by Gasteiger charge is 2.00. The van der Waals surface area contributed by atoms with Crippen LogP contribution in [0.4, 0.5) is 0 Å². The Labute approximate surface area is 72.0 Å². The minimum absolute atomic E-state index is 0.251. The van der Waals surface area contributed by atoms with Crippen LogP contribution in [0.15, 0.2) is 18.3 Å². The third-order valence-corrected chi connectivity index (χ3v) is 1.57. The molecule has 0 aliphatic heterocycles. The van der Waals surface area contributed by atoms with E-state index in [1.165, 1.54) is 6.92 Å². The van der Waals surface area contributed by atoms with Crippen molar-refractivity contribution in [2.24, 2.45) is 0 Å². The second kappa shape index (κ2) is 3.95. The molecule has 0 aliphatic carbocycles. The molecule has 1 aromatic rings. The summed E-state index contributed by atoms with van der Waals surface area (Å²) in [6, 6.07) is 3.84. The average molecular weight is 166 g/mol. The molecule has 0 atom stereocenters. The molecule has 0 saturated carbocycles. The van der Waals surface area contributed by atoms with Crippen LogP contribution < -0.4 is 0 Å². The molecule has 0 saturated heterocycles. The van der Waals surface area contributed by atoms with Crippen molar-refractivity contribution in [2.45, 2.75) is 20.5 Å². The first-order chi connectivity index (χ1) is 5.74. The van der Waals surface area contributed by atoms with Gasteiger partial charge in [0.15, 0.2) is 0 Å². The normalized spacial score (nSPS) is 9.83. The lowest BCUT2D eigenvalue weighted by Crippen LogP contribution is -2.03. The van der Waals surface area contributed by atoms with Gasteiger partial charge in [0.1, 0.15) is 6.61 Å². The zero-order valence-corrected chi connectivity index (χ0v) is 7.28. The van der Waals surface area contributed by atoms with Gasteiger partial charge in [-0.05, 0) is 19.1 Å². The lowest BCUT2D eigenvalue weighted by molar-refractivity contribution is -0.142. The summed E-state index contributed by atoms with van der Waals surface area (Å²) in [7, 11) is 0. The van der Waals surface area contributed by atoms with Crippen molar-refractivity contribution in [3.05, 3.63) is 30.6 Å². The molecule has 0 amide bonds. The molecule has 0 aliphatic rings. The fourth-order valence-electron chi connectivity index (χ4n) is 0.979. The number of aromatic nitrogens is 1. The first kappa shape index (κ1) is 8.84. The van der Waals surface area contributed by atoms with Crippen LogP contribution in [0.1, 0.15) is 19.5 Å². The van der Waals surface area contributed by atoms with Crippen LogP contribution in [-0.4, -0.2) is 10.5 Å². The Morgan fingerprint density at radius 3 is 3.08 bits per heavy atom. The van der Waals surface area contributed by atoms with E-state index in [4.69, 9.17) is 4.74 Å². The Balaban J connectivity index is 2.56. The number of ether oxygens (including phenoxy) is 1. The molecule has 0 unspecified atom stereocenters. The zero-order valence-electron chi connectivity index (χ0n) is 7.28. The van der Waals surface area contributed by atoms with E-state index < -0.39 is 0 Å². The molecule has 3 nitrogen and oxygen atoms in total. The van der Waals surface area contributed by atoms with Gasteiger partial charge in [0.05, 0.1) is 12.2 Å². The zero-order chi connectivity index (χ0) is 8.97. The van der Waals surface area contributed by atoms with E-state index in [1.807, 2.05) is 36.4 Å². The predicted molar refractivity (Wildman–Crippen MR) is 45.3 cm³/mol. The lowest BCUT2D eigenvalue weighted by atomic mass is 10.4. The van der Waals surface area contributed by atoms with Gasteiger partial charge in [-0.15, -0.1) is 0 Å². The third-order valence-electron chi connectivity index (χ3n) is 1.57. The van der Waals surface area contributed by atoms with Gasteiger partial charge >= 0.3 is 5.97 Å². The highest BCUT2D eigenvalue weighted by Crippen LogP contribution is 2.04. The average Bonchev–Trinajstić information content (AvgIpc) is 2.47. The minimum Gasteiger partial charge on any atom is -0.459 e. The van der Waals surface area contributed by atoms with Crippen LogP contribution in [0.2, 0.25) is 0 Å². The monoisotopic (exact) mass is 166 g/mol. The fraction of sp³-hybridized carbons (Fsp3) is 0.333. The van der Waals surface area contributed by atoms with Gasteiger partial charge in [-0.1, -0.05) is 0 Å². The Morgan fingerprint density at radius 1 is 1.75 bits per heavy atom. The highest BCUT2D eigenvalue weighted by molar-refractivity contribution is 5.65. The van der Waals surface area contributed by atoms with Gasteiger partial charge in [-0.3, -0.25) is 4.79 Å². The smallest absolute Gasteiger partial charge is 0.303 e. The second-order valence-electron chi connectivity index (χ2n) is 2.45. The van der Waals surface area contributed by atoms with E-state index in [2.05, 4.69) is 0 Å². The summed E-state index contributed by atoms with van der Waals surface area (Å²) in [4.78, 5) is 10.5. The van der Waals surface area contributed by atoms with Crippen LogP contribution in [0.5, 0.6) is 0 Å². The first-order valence-corrected chi connectivity index (χ1v) is 3.82. The number of carbonyl (C=O) groups is 1. The molecule has 12 heavy (non-hydrogen) atoms. The molecular weight excluding hydrogens is 154 g/mol. The minimum atomic E-state index is -0.251. The molecule has 65 valence electrons. The summed E-state index contributed by atoms with van der Waals surface area (Å²) in [5.74, 6) is -0.251. The molecular formula is C9H12NO2. The van der Waals surface area contributed by atoms with Crippen molar-refractivity contribution in [2.75, 3.05) is 0 Å². The summed E-state index contributed by atoms with van der Waals surface area (Å²) < 4.78 is 6.77. The van der Waals surface area contributed by atoms with Gasteiger partial charge in [-0.2, -0.15) is 0 Å². The standard InChI is InChI=1S/C9H12NO2/c1-3-10-6-4-5-9(10)7-12-8(2)11/h3-6H,7H2,1-2H3. The van der Waals surface area contributed by atoms with Crippen molar-refractivity contribution in [3.8, 4) is 0 Å². The van der Waals surface area contributed by atoms with E-state index in [-0.39, 0.29) is 5.97 Å².